The predicted molar refractivity (Wildman–Crippen MR) is 82.6 cm³/mol. The zero-order valence-electron chi connectivity index (χ0n) is 11.0. The zero-order chi connectivity index (χ0) is 14.7. The van der Waals surface area contributed by atoms with E-state index >= 15 is 0 Å². The first-order valence-electron chi connectivity index (χ1n) is 6.27. The van der Waals surface area contributed by atoms with Gasteiger partial charge in [0.2, 0.25) is 5.89 Å². The van der Waals surface area contributed by atoms with Crippen molar-refractivity contribution in [2.45, 2.75) is 6.61 Å². The summed E-state index contributed by atoms with van der Waals surface area (Å²) in [6, 6.07) is 14.8. The van der Waals surface area contributed by atoms with E-state index in [1.165, 1.54) is 0 Å². The normalized spacial score (nSPS) is 10.5. The highest BCUT2D eigenvalue weighted by molar-refractivity contribution is 9.10. The first-order valence-corrected chi connectivity index (χ1v) is 7.07. The Morgan fingerprint density at radius 3 is 2.67 bits per heavy atom. The topological polar surface area (TPSA) is 74.2 Å². The fourth-order valence-corrected chi connectivity index (χ4v) is 2.03. The van der Waals surface area contributed by atoms with Gasteiger partial charge >= 0.3 is 0 Å². The molecule has 0 bridgehead atoms. The molecular formula is C15H12BrN3O2. The number of nitrogens with zero attached hydrogens (tertiary/aromatic N) is 2. The largest absolute Gasteiger partial charge is 0.484 e. The number of anilines is 1. The lowest BCUT2D eigenvalue weighted by Crippen LogP contribution is -1.96. The molecule has 0 amide bonds. The molecule has 6 heteroatoms. The molecule has 2 N–H and O–H groups in total. The summed E-state index contributed by atoms with van der Waals surface area (Å²) >= 11 is 3.38. The molecule has 0 aliphatic rings. The van der Waals surface area contributed by atoms with Crippen molar-refractivity contribution in [1.29, 1.82) is 0 Å². The molecule has 106 valence electrons. The Bertz CT molecular complexity index is 741. The third-order valence-corrected chi connectivity index (χ3v) is 3.31. The van der Waals surface area contributed by atoms with E-state index in [1.54, 1.807) is 12.1 Å². The lowest BCUT2D eigenvalue weighted by atomic mass is 10.2. The third kappa shape index (κ3) is 3.41. The van der Waals surface area contributed by atoms with E-state index in [2.05, 4.69) is 26.1 Å². The maximum atomic E-state index is 5.68. The van der Waals surface area contributed by atoms with Crippen LogP contribution in [0.1, 0.15) is 5.89 Å². The van der Waals surface area contributed by atoms with Crippen LogP contribution in [0.5, 0.6) is 5.75 Å². The molecule has 5 nitrogen and oxygen atoms in total. The summed E-state index contributed by atoms with van der Waals surface area (Å²) in [5, 5.41) is 7.98. The maximum Gasteiger partial charge on any atom is 0.254 e. The number of nitrogens with two attached hydrogens (primary N) is 1. The third-order valence-electron chi connectivity index (χ3n) is 2.78. The van der Waals surface area contributed by atoms with E-state index in [0.717, 1.165) is 10.0 Å². The Labute approximate surface area is 129 Å². The summed E-state index contributed by atoms with van der Waals surface area (Å²) in [6.45, 7) is 0.201. The van der Waals surface area contributed by atoms with Gasteiger partial charge in [0, 0.05) is 21.8 Å². The predicted octanol–water partition coefficient (Wildman–Crippen LogP) is 3.66. The molecule has 0 radical (unpaired) electrons. The van der Waals surface area contributed by atoms with Crippen LogP contribution in [0, 0.1) is 0 Å². The number of hydrogen-bond acceptors (Lipinski definition) is 5. The van der Waals surface area contributed by atoms with Crippen LogP contribution in [-0.2, 0) is 6.61 Å². The number of hydrogen-bond donors (Lipinski definition) is 1. The van der Waals surface area contributed by atoms with Gasteiger partial charge in [-0.3, -0.25) is 0 Å². The van der Waals surface area contributed by atoms with Crippen LogP contribution in [0.15, 0.2) is 57.4 Å². The van der Waals surface area contributed by atoms with E-state index in [4.69, 9.17) is 14.9 Å². The standard InChI is InChI=1S/C15H12BrN3O2/c16-11-6-4-10(5-7-11)15-19-18-14(21-15)9-20-13-3-1-2-12(17)8-13/h1-8H,9,17H2. The number of ether oxygens (including phenoxy) is 1. The monoisotopic (exact) mass is 345 g/mol. The van der Waals surface area contributed by atoms with Crippen molar-refractivity contribution in [1.82, 2.24) is 10.2 Å². The average molecular weight is 346 g/mol. The molecule has 0 aliphatic carbocycles. The van der Waals surface area contributed by atoms with Crippen molar-refractivity contribution in [2.75, 3.05) is 5.73 Å². The zero-order valence-corrected chi connectivity index (χ0v) is 12.6. The Balaban J connectivity index is 1.69. The first kappa shape index (κ1) is 13.6. The quantitative estimate of drug-likeness (QED) is 0.730. The summed E-state index contributed by atoms with van der Waals surface area (Å²) in [7, 11) is 0. The minimum absolute atomic E-state index is 0.201. The number of rotatable bonds is 4. The van der Waals surface area contributed by atoms with Crippen molar-refractivity contribution in [3.05, 3.63) is 58.9 Å². The van der Waals surface area contributed by atoms with Gasteiger partial charge in [0.05, 0.1) is 0 Å². The Kier molecular flexibility index (Phi) is 3.87. The van der Waals surface area contributed by atoms with Gasteiger partial charge < -0.3 is 14.9 Å². The number of aromatic nitrogens is 2. The van der Waals surface area contributed by atoms with Crippen LogP contribution in [0.2, 0.25) is 0 Å². The molecule has 0 unspecified atom stereocenters. The summed E-state index contributed by atoms with van der Waals surface area (Å²) in [4.78, 5) is 0. The summed E-state index contributed by atoms with van der Waals surface area (Å²) in [6.07, 6.45) is 0. The highest BCUT2D eigenvalue weighted by atomic mass is 79.9. The summed E-state index contributed by atoms with van der Waals surface area (Å²) < 4.78 is 12.1. The Hall–Kier alpha value is -2.34. The lowest BCUT2D eigenvalue weighted by molar-refractivity contribution is 0.264. The minimum atomic E-state index is 0.201. The van der Waals surface area contributed by atoms with Crippen molar-refractivity contribution in [2.24, 2.45) is 0 Å². The van der Waals surface area contributed by atoms with Crippen LogP contribution >= 0.6 is 15.9 Å². The van der Waals surface area contributed by atoms with Crippen molar-refractivity contribution >= 4 is 21.6 Å². The Morgan fingerprint density at radius 2 is 1.90 bits per heavy atom. The fourth-order valence-electron chi connectivity index (χ4n) is 1.77. The molecule has 0 spiro atoms. The van der Waals surface area contributed by atoms with Crippen LogP contribution < -0.4 is 10.5 Å². The van der Waals surface area contributed by atoms with E-state index in [1.807, 2.05) is 36.4 Å². The molecule has 2 aromatic carbocycles. The fraction of sp³-hybridized carbons (Fsp3) is 0.0667. The van der Waals surface area contributed by atoms with Crippen LogP contribution in [0.3, 0.4) is 0 Å². The smallest absolute Gasteiger partial charge is 0.254 e. The number of halogens is 1. The van der Waals surface area contributed by atoms with Crippen molar-refractivity contribution in [3.8, 4) is 17.2 Å². The molecule has 3 aromatic rings. The SMILES string of the molecule is Nc1cccc(OCc2nnc(-c3ccc(Br)cc3)o2)c1. The second-order valence-electron chi connectivity index (χ2n) is 4.37. The molecule has 0 aliphatic heterocycles. The van der Waals surface area contributed by atoms with Gasteiger partial charge in [0.25, 0.3) is 5.89 Å². The van der Waals surface area contributed by atoms with E-state index < -0.39 is 0 Å². The van der Waals surface area contributed by atoms with E-state index in [-0.39, 0.29) is 6.61 Å². The van der Waals surface area contributed by atoms with Crippen molar-refractivity contribution < 1.29 is 9.15 Å². The number of benzene rings is 2. The molecular weight excluding hydrogens is 334 g/mol. The highest BCUT2D eigenvalue weighted by Crippen LogP contribution is 2.21. The van der Waals surface area contributed by atoms with Gasteiger partial charge in [-0.15, -0.1) is 10.2 Å². The van der Waals surface area contributed by atoms with E-state index in [0.29, 0.717) is 23.2 Å². The summed E-state index contributed by atoms with van der Waals surface area (Å²) in [5.74, 6) is 1.54. The number of nitrogen functional groups attached to an aromatic ring is 1. The van der Waals surface area contributed by atoms with Gasteiger partial charge in [-0.2, -0.15) is 0 Å². The minimum Gasteiger partial charge on any atom is -0.484 e. The molecule has 1 aromatic heterocycles. The molecule has 0 fully saturated rings. The molecule has 0 atom stereocenters. The molecule has 3 rings (SSSR count). The van der Waals surface area contributed by atoms with Crippen LogP contribution in [0.25, 0.3) is 11.5 Å². The molecule has 21 heavy (non-hydrogen) atoms. The molecule has 1 heterocycles. The van der Waals surface area contributed by atoms with Gasteiger partial charge in [0.15, 0.2) is 6.61 Å². The van der Waals surface area contributed by atoms with Gasteiger partial charge in [-0.25, -0.2) is 0 Å². The van der Waals surface area contributed by atoms with Crippen LogP contribution in [0.4, 0.5) is 5.69 Å². The molecule has 0 saturated heterocycles. The van der Waals surface area contributed by atoms with Gasteiger partial charge in [-0.1, -0.05) is 22.0 Å². The van der Waals surface area contributed by atoms with Gasteiger partial charge in [-0.05, 0) is 36.4 Å². The van der Waals surface area contributed by atoms with Crippen LogP contribution in [-0.4, -0.2) is 10.2 Å². The van der Waals surface area contributed by atoms with Crippen molar-refractivity contribution in [3.63, 3.8) is 0 Å². The van der Waals surface area contributed by atoms with Gasteiger partial charge in [0.1, 0.15) is 5.75 Å². The van der Waals surface area contributed by atoms with E-state index in [9.17, 15) is 0 Å². The second kappa shape index (κ2) is 5.97. The average Bonchev–Trinajstić information content (AvgIpc) is 2.95. The lowest BCUT2D eigenvalue weighted by Gasteiger charge is -2.03. The maximum absolute atomic E-state index is 5.68. The first-order chi connectivity index (χ1) is 10.2. The summed E-state index contributed by atoms with van der Waals surface area (Å²) in [5.41, 5.74) is 7.19. The Morgan fingerprint density at radius 1 is 1.10 bits per heavy atom. The molecule has 0 saturated carbocycles. The second-order valence-corrected chi connectivity index (χ2v) is 5.28. The highest BCUT2D eigenvalue weighted by Gasteiger charge is 2.09.